The van der Waals surface area contributed by atoms with Crippen LogP contribution >= 0.6 is 0 Å². The summed E-state index contributed by atoms with van der Waals surface area (Å²) >= 11 is 0. The average molecular weight is 307 g/mol. The average Bonchev–Trinajstić information content (AvgIpc) is 2.44. The summed E-state index contributed by atoms with van der Waals surface area (Å²) in [6.07, 6.45) is 6.18. The number of hydrogen-bond donors (Lipinski definition) is 2. The zero-order valence-corrected chi connectivity index (χ0v) is 14.1. The lowest BCUT2D eigenvalue weighted by Crippen LogP contribution is -2.48. The molecule has 2 N–H and O–H groups in total. The number of rotatable bonds is 6. The van der Waals surface area contributed by atoms with E-state index >= 15 is 0 Å². The van der Waals surface area contributed by atoms with Crippen LogP contribution in [0.3, 0.4) is 0 Å². The Morgan fingerprint density at radius 3 is 2.68 bits per heavy atom. The second kappa shape index (κ2) is 7.07. The van der Waals surface area contributed by atoms with E-state index in [1.807, 2.05) is 19.0 Å². The fourth-order valence-electron chi connectivity index (χ4n) is 4.13. The van der Waals surface area contributed by atoms with Crippen molar-refractivity contribution < 1.29 is 15.0 Å². The molecule has 1 unspecified atom stereocenters. The van der Waals surface area contributed by atoms with Crippen molar-refractivity contribution >= 4 is 5.78 Å². The fourth-order valence-corrected chi connectivity index (χ4v) is 4.13. The van der Waals surface area contributed by atoms with Gasteiger partial charge in [0.2, 0.25) is 0 Å². The summed E-state index contributed by atoms with van der Waals surface area (Å²) in [7, 11) is 3.94. The molecule has 0 aromatic heterocycles. The molecule has 0 spiro atoms. The molecule has 2 aliphatic rings. The molecule has 2 rings (SSSR count). The molecule has 2 atom stereocenters. The number of ketones is 1. The minimum absolute atomic E-state index is 0.109. The molecule has 0 fully saturated rings. The maximum Gasteiger partial charge on any atom is 0.156 e. The first-order valence-electron chi connectivity index (χ1n) is 8.29. The summed E-state index contributed by atoms with van der Waals surface area (Å²) in [5.74, 6) is 0.343. The maximum absolute atomic E-state index is 11.6. The molecule has 0 aliphatic heterocycles. The number of aliphatic hydroxyl groups is 2. The van der Waals surface area contributed by atoms with Crippen LogP contribution in [0.4, 0.5) is 0 Å². The van der Waals surface area contributed by atoms with E-state index in [0.29, 0.717) is 25.8 Å². The Balaban J connectivity index is 2.31. The number of aliphatic hydroxyl groups excluding tert-OH is 1. The van der Waals surface area contributed by atoms with E-state index in [0.717, 1.165) is 19.3 Å². The monoisotopic (exact) mass is 307 g/mol. The second-order valence-corrected chi connectivity index (χ2v) is 7.06. The molecule has 0 heterocycles. The van der Waals surface area contributed by atoms with Gasteiger partial charge in [0.15, 0.2) is 5.78 Å². The highest BCUT2D eigenvalue weighted by atomic mass is 16.3. The number of fused-ring (bicyclic) bond motifs is 1. The predicted molar refractivity (Wildman–Crippen MR) is 87.6 cm³/mol. The van der Waals surface area contributed by atoms with E-state index in [1.165, 1.54) is 16.7 Å². The quantitative estimate of drug-likeness (QED) is 0.788. The molecule has 0 saturated heterocycles. The SMILES string of the molecule is CC1=C2CCC(=O)C=C2CCC1[C@](O)(CCCO)CN(C)C. The van der Waals surface area contributed by atoms with Gasteiger partial charge in [0.05, 0.1) is 5.60 Å². The van der Waals surface area contributed by atoms with E-state index in [4.69, 9.17) is 5.11 Å². The van der Waals surface area contributed by atoms with Gasteiger partial charge < -0.3 is 15.1 Å². The molecule has 0 saturated carbocycles. The third kappa shape index (κ3) is 3.67. The van der Waals surface area contributed by atoms with Gasteiger partial charge in [-0.25, -0.2) is 0 Å². The van der Waals surface area contributed by atoms with Gasteiger partial charge in [-0.05, 0) is 70.3 Å². The van der Waals surface area contributed by atoms with Gasteiger partial charge in [-0.2, -0.15) is 0 Å². The minimum atomic E-state index is -0.809. The van der Waals surface area contributed by atoms with Gasteiger partial charge in [0, 0.05) is 25.5 Å². The molecule has 0 aromatic carbocycles. The Kier molecular flexibility index (Phi) is 5.59. The largest absolute Gasteiger partial charge is 0.396 e. The number of carbonyl (C=O) groups is 1. The van der Waals surface area contributed by atoms with Crippen LogP contribution in [0.2, 0.25) is 0 Å². The molecule has 22 heavy (non-hydrogen) atoms. The van der Waals surface area contributed by atoms with Crippen LogP contribution in [0, 0.1) is 5.92 Å². The van der Waals surface area contributed by atoms with Crippen LogP contribution in [-0.2, 0) is 4.79 Å². The molecule has 4 nitrogen and oxygen atoms in total. The van der Waals surface area contributed by atoms with Crippen molar-refractivity contribution in [3.63, 3.8) is 0 Å². The van der Waals surface area contributed by atoms with E-state index in [2.05, 4.69) is 6.92 Å². The highest BCUT2D eigenvalue weighted by molar-refractivity contribution is 5.93. The van der Waals surface area contributed by atoms with Crippen molar-refractivity contribution in [2.45, 2.75) is 51.0 Å². The van der Waals surface area contributed by atoms with E-state index in [-0.39, 0.29) is 18.3 Å². The van der Waals surface area contributed by atoms with Crippen LogP contribution in [0.1, 0.15) is 45.4 Å². The summed E-state index contributed by atoms with van der Waals surface area (Å²) in [5.41, 5.74) is 2.90. The highest BCUT2D eigenvalue weighted by Gasteiger charge is 2.40. The number of likely N-dealkylation sites (N-methyl/N-ethyl adjacent to an activating group) is 1. The van der Waals surface area contributed by atoms with E-state index in [9.17, 15) is 9.90 Å². The normalized spacial score (nSPS) is 25.1. The summed E-state index contributed by atoms with van der Waals surface area (Å²) < 4.78 is 0. The van der Waals surface area contributed by atoms with Crippen LogP contribution < -0.4 is 0 Å². The van der Waals surface area contributed by atoms with Crippen molar-refractivity contribution in [3.8, 4) is 0 Å². The lowest BCUT2D eigenvalue weighted by molar-refractivity contribution is -0.114. The first kappa shape index (κ1) is 17.4. The molecule has 0 amide bonds. The third-order valence-corrected chi connectivity index (χ3v) is 5.05. The predicted octanol–water partition coefficient (Wildman–Crippen LogP) is 2.07. The minimum Gasteiger partial charge on any atom is -0.396 e. The molecule has 0 aromatic rings. The first-order chi connectivity index (χ1) is 10.4. The smallest absolute Gasteiger partial charge is 0.156 e. The van der Waals surface area contributed by atoms with E-state index < -0.39 is 5.60 Å². The van der Waals surface area contributed by atoms with Gasteiger partial charge in [-0.3, -0.25) is 4.79 Å². The van der Waals surface area contributed by atoms with Crippen LogP contribution in [0.25, 0.3) is 0 Å². The molecular formula is C18H29NO3. The number of nitrogens with zero attached hydrogens (tertiary/aromatic N) is 1. The zero-order valence-electron chi connectivity index (χ0n) is 14.1. The Labute approximate surface area is 133 Å². The van der Waals surface area contributed by atoms with Gasteiger partial charge in [0.25, 0.3) is 0 Å². The van der Waals surface area contributed by atoms with Gasteiger partial charge in [-0.15, -0.1) is 0 Å². The van der Waals surface area contributed by atoms with Crippen LogP contribution in [-0.4, -0.2) is 53.7 Å². The third-order valence-electron chi connectivity index (χ3n) is 5.05. The van der Waals surface area contributed by atoms with Crippen molar-refractivity contribution in [1.82, 2.24) is 4.90 Å². The highest BCUT2D eigenvalue weighted by Crippen LogP contribution is 2.44. The van der Waals surface area contributed by atoms with Crippen molar-refractivity contribution in [2.75, 3.05) is 27.2 Å². The molecule has 0 radical (unpaired) electrons. The summed E-state index contributed by atoms with van der Waals surface area (Å²) in [6.45, 7) is 2.82. The van der Waals surface area contributed by atoms with Gasteiger partial charge >= 0.3 is 0 Å². The van der Waals surface area contributed by atoms with Crippen LogP contribution in [0.5, 0.6) is 0 Å². The van der Waals surface area contributed by atoms with Crippen molar-refractivity contribution in [1.29, 1.82) is 0 Å². The molecule has 0 bridgehead atoms. The summed E-state index contributed by atoms with van der Waals surface area (Å²) in [4.78, 5) is 13.6. The zero-order chi connectivity index (χ0) is 16.3. The van der Waals surface area contributed by atoms with Crippen LogP contribution in [0.15, 0.2) is 22.8 Å². The number of allylic oxidation sites excluding steroid dienone is 3. The fraction of sp³-hybridized carbons (Fsp3) is 0.722. The van der Waals surface area contributed by atoms with Gasteiger partial charge in [-0.1, -0.05) is 5.57 Å². The first-order valence-corrected chi connectivity index (χ1v) is 8.29. The second-order valence-electron chi connectivity index (χ2n) is 7.06. The topological polar surface area (TPSA) is 60.8 Å². The van der Waals surface area contributed by atoms with Crippen molar-refractivity contribution in [2.24, 2.45) is 5.92 Å². The Morgan fingerprint density at radius 2 is 2.05 bits per heavy atom. The molecule has 2 aliphatic carbocycles. The standard InChI is InChI=1S/C18H29NO3/c1-13-16-7-6-15(21)11-14(16)5-8-17(13)18(22,9-4-10-20)12-19(2)3/h11,17,20,22H,4-10,12H2,1-3H3/t17?,18-/m0/s1. The summed E-state index contributed by atoms with van der Waals surface area (Å²) in [5, 5.41) is 20.4. The van der Waals surface area contributed by atoms with Gasteiger partial charge in [0.1, 0.15) is 0 Å². The molecule has 4 heteroatoms. The molecular weight excluding hydrogens is 278 g/mol. The van der Waals surface area contributed by atoms with Crippen molar-refractivity contribution in [3.05, 3.63) is 22.8 Å². The lowest BCUT2D eigenvalue weighted by atomic mass is 9.68. The van der Waals surface area contributed by atoms with E-state index in [1.54, 1.807) is 6.08 Å². The lowest BCUT2D eigenvalue weighted by Gasteiger charge is -2.43. The summed E-state index contributed by atoms with van der Waals surface area (Å²) in [6, 6.07) is 0. The molecule has 124 valence electrons. The maximum atomic E-state index is 11.6. The number of hydrogen-bond acceptors (Lipinski definition) is 4. The Bertz CT molecular complexity index is 493. The Morgan fingerprint density at radius 1 is 1.32 bits per heavy atom. The Hall–Kier alpha value is -0.970. The number of carbonyl (C=O) groups excluding carboxylic acids is 1.